The first-order chi connectivity index (χ1) is 7.51. The highest BCUT2D eigenvalue weighted by molar-refractivity contribution is 6.00. The highest BCUT2D eigenvalue weighted by Crippen LogP contribution is 2.26. The number of carbonyl (C=O) groups excluding carboxylic acids is 1. The van der Waals surface area contributed by atoms with Gasteiger partial charge in [-0.05, 0) is 25.1 Å². The zero-order chi connectivity index (χ0) is 12.2. The standard InChI is InChI=1S/C13H19NO2/c1-13(2,7-8-14)12(15)10-5-4-6-11(9-10)16-3/h4-6,9H,7-8,14H2,1-3H3. The third-order valence-corrected chi connectivity index (χ3v) is 2.72. The van der Waals surface area contributed by atoms with Crippen molar-refractivity contribution in [3.05, 3.63) is 29.8 Å². The zero-order valence-corrected chi connectivity index (χ0v) is 10.1. The highest BCUT2D eigenvalue weighted by atomic mass is 16.5. The Bertz CT molecular complexity index is 372. The molecule has 0 spiro atoms. The number of benzene rings is 1. The summed E-state index contributed by atoms with van der Waals surface area (Å²) in [5.41, 5.74) is 5.77. The number of hydrogen-bond acceptors (Lipinski definition) is 3. The molecule has 2 N–H and O–H groups in total. The summed E-state index contributed by atoms with van der Waals surface area (Å²) in [6.07, 6.45) is 0.684. The fourth-order valence-electron chi connectivity index (χ4n) is 1.63. The summed E-state index contributed by atoms with van der Waals surface area (Å²) in [5.74, 6) is 0.811. The number of Topliss-reactive ketones (excluding diaryl/α,β-unsaturated/α-hetero) is 1. The lowest BCUT2D eigenvalue weighted by atomic mass is 9.81. The van der Waals surface area contributed by atoms with Crippen LogP contribution in [0, 0.1) is 5.41 Å². The third-order valence-electron chi connectivity index (χ3n) is 2.72. The van der Waals surface area contributed by atoms with Gasteiger partial charge in [-0.25, -0.2) is 0 Å². The van der Waals surface area contributed by atoms with Crippen molar-refractivity contribution in [1.82, 2.24) is 0 Å². The monoisotopic (exact) mass is 221 g/mol. The minimum absolute atomic E-state index is 0.108. The van der Waals surface area contributed by atoms with Crippen LogP contribution in [0.3, 0.4) is 0 Å². The van der Waals surface area contributed by atoms with E-state index in [2.05, 4.69) is 0 Å². The predicted octanol–water partition coefficient (Wildman–Crippen LogP) is 2.25. The van der Waals surface area contributed by atoms with Crippen LogP contribution in [0.15, 0.2) is 24.3 Å². The second kappa shape index (κ2) is 5.12. The average molecular weight is 221 g/mol. The molecule has 1 aromatic carbocycles. The Morgan fingerprint density at radius 2 is 2.12 bits per heavy atom. The average Bonchev–Trinajstić information content (AvgIpc) is 2.28. The first-order valence-electron chi connectivity index (χ1n) is 5.40. The van der Waals surface area contributed by atoms with E-state index in [-0.39, 0.29) is 5.78 Å². The first kappa shape index (κ1) is 12.7. The lowest BCUT2D eigenvalue weighted by Gasteiger charge is -2.22. The normalized spacial score (nSPS) is 11.2. The van der Waals surface area contributed by atoms with Crippen molar-refractivity contribution in [3.8, 4) is 5.75 Å². The quantitative estimate of drug-likeness (QED) is 0.776. The fourth-order valence-corrected chi connectivity index (χ4v) is 1.63. The summed E-state index contributed by atoms with van der Waals surface area (Å²) in [6, 6.07) is 7.22. The second-order valence-electron chi connectivity index (χ2n) is 4.48. The fraction of sp³-hybridized carbons (Fsp3) is 0.462. The third kappa shape index (κ3) is 2.83. The van der Waals surface area contributed by atoms with Crippen LogP contribution in [-0.2, 0) is 0 Å². The van der Waals surface area contributed by atoms with Crippen molar-refractivity contribution in [2.75, 3.05) is 13.7 Å². The first-order valence-corrected chi connectivity index (χ1v) is 5.40. The maximum Gasteiger partial charge on any atom is 0.168 e. The molecule has 0 aromatic heterocycles. The summed E-state index contributed by atoms with van der Waals surface area (Å²) in [4.78, 5) is 12.2. The molecule has 16 heavy (non-hydrogen) atoms. The van der Waals surface area contributed by atoms with Gasteiger partial charge in [-0.3, -0.25) is 4.79 Å². The Labute approximate surface area is 96.6 Å². The molecule has 1 rings (SSSR count). The molecule has 0 heterocycles. The Balaban J connectivity index is 2.95. The van der Waals surface area contributed by atoms with E-state index < -0.39 is 5.41 Å². The Hall–Kier alpha value is -1.35. The van der Waals surface area contributed by atoms with Gasteiger partial charge < -0.3 is 10.5 Å². The van der Waals surface area contributed by atoms with Gasteiger partial charge in [0.1, 0.15) is 5.75 Å². The second-order valence-corrected chi connectivity index (χ2v) is 4.48. The van der Waals surface area contributed by atoms with Gasteiger partial charge in [0.2, 0.25) is 0 Å². The highest BCUT2D eigenvalue weighted by Gasteiger charge is 2.27. The van der Waals surface area contributed by atoms with Gasteiger partial charge in [0.05, 0.1) is 7.11 Å². The summed E-state index contributed by atoms with van der Waals surface area (Å²) in [5, 5.41) is 0. The van der Waals surface area contributed by atoms with Crippen molar-refractivity contribution in [1.29, 1.82) is 0 Å². The van der Waals surface area contributed by atoms with Gasteiger partial charge in [-0.2, -0.15) is 0 Å². The van der Waals surface area contributed by atoms with E-state index in [0.29, 0.717) is 24.3 Å². The number of methoxy groups -OCH3 is 1. The smallest absolute Gasteiger partial charge is 0.168 e. The predicted molar refractivity (Wildman–Crippen MR) is 64.8 cm³/mol. The number of nitrogens with two attached hydrogens (primary N) is 1. The molecule has 0 fully saturated rings. The van der Waals surface area contributed by atoms with Crippen molar-refractivity contribution >= 4 is 5.78 Å². The molecule has 88 valence electrons. The van der Waals surface area contributed by atoms with E-state index in [1.54, 1.807) is 13.2 Å². The van der Waals surface area contributed by atoms with E-state index in [9.17, 15) is 4.79 Å². The molecule has 3 nitrogen and oxygen atoms in total. The van der Waals surface area contributed by atoms with Crippen molar-refractivity contribution in [2.24, 2.45) is 11.1 Å². The molecular weight excluding hydrogens is 202 g/mol. The SMILES string of the molecule is COc1cccc(C(=O)C(C)(C)CCN)c1. The molecule has 0 bridgehead atoms. The molecular formula is C13H19NO2. The summed E-state index contributed by atoms with van der Waals surface area (Å²) < 4.78 is 5.10. The van der Waals surface area contributed by atoms with Crippen molar-refractivity contribution in [2.45, 2.75) is 20.3 Å². The van der Waals surface area contributed by atoms with Crippen LogP contribution in [0.5, 0.6) is 5.75 Å². The molecule has 0 atom stereocenters. The van der Waals surface area contributed by atoms with Gasteiger partial charge >= 0.3 is 0 Å². The van der Waals surface area contributed by atoms with Crippen LogP contribution in [0.1, 0.15) is 30.6 Å². The molecule has 1 aromatic rings. The molecule has 3 heteroatoms. The van der Waals surface area contributed by atoms with Crippen LogP contribution in [-0.4, -0.2) is 19.4 Å². The Kier molecular flexibility index (Phi) is 4.07. The van der Waals surface area contributed by atoms with Crippen LogP contribution in [0.4, 0.5) is 0 Å². The topological polar surface area (TPSA) is 52.3 Å². The van der Waals surface area contributed by atoms with Crippen LogP contribution in [0.25, 0.3) is 0 Å². The summed E-state index contributed by atoms with van der Waals surface area (Å²) in [6.45, 7) is 4.35. The lowest BCUT2D eigenvalue weighted by molar-refractivity contribution is 0.0829. The molecule has 0 amide bonds. The van der Waals surface area contributed by atoms with E-state index >= 15 is 0 Å². The number of ether oxygens (including phenoxy) is 1. The van der Waals surface area contributed by atoms with Gasteiger partial charge in [-0.1, -0.05) is 26.0 Å². The molecule has 0 aliphatic heterocycles. The Morgan fingerprint density at radius 1 is 1.44 bits per heavy atom. The lowest BCUT2D eigenvalue weighted by Crippen LogP contribution is -2.27. The molecule has 0 saturated carbocycles. The van der Waals surface area contributed by atoms with Gasteiger partial charge in [-0.15, -0.1) is 0 Å². The molecule has 0 aliphatic carbocycles. The number of rotatable bonds is 5. The van der Waals surface area contributed by atoms with Crippen molar-refractivity contribution in [3.63, 3.8) is 0 Å². The minimum atomic E-state index is -0.416. The number of ketones is 1. The Morgan fingerprint density at radius 3 is 2.69 bits per heavy atom. The largest absolute Gasteiger partial charge is 0.497 e. The van der Waals surface area contributed by atoms with E-state index in [1.165, 1.54) is 0 Å². The van der Waals surface area contributed by atoms with E-state index in [4.69, 9.17) is 10.5 Å². The molecule has 0 unspecified atom stereocenters. The van der Waals surface area contributed by atoms with Gasteiger partial charge in [0, 0.05) is 11.0 Å². The van der Waals surface area contributed by atoms with Crippen LogP contribution in [0.2, 0.25) is 0 Å². The maximum atomic E-state index is 12.2. The van der Waals surface area contributed by atoms with Gasteiger partial charge in [0.25, 0.3) is 0 Å². The minimum Gasteiger partial charge on any atom is -0.497 e. The molecule has 0 radical (unpaired) electrons. The number of carbonyl (C=O) groups is 1. The number of hydrogen-bond donors (Lipinski definition) is 1. The van der Waals surface area contributed by atoms with E-state index in [0.717, 1.165) is 0 Å². The zero-order valence-electron chi connectivity index (χ0n) is 10.1. The van der Waals surface area contributed by atoms with E-state index in [1.807, 2.05) is 32.0 Å². The van der Waals surface area contributed by atoms with Gasteiger partial charge in [0.15, 0.2) is 5.78 Å². The summed E-state index contributed by atoms with van der Waals surface area (Å²) >= 11 is 0. The molecule has 0 aliphatic rings. The maximum absolute atomic E-state index is 12.2. The van der Waals surface area contributed by atoms with Crippen LogP contribution >= 0.6 is 0 Å². The van der Waals surface area contributed by atoms with Crippen molar-refractivity contribution < 1.29 is 9.53 Å². The summed E-state index contributed by atoms with van der Waals surface area (Å²) in [7, 11) is 1.59. The molecule has 0 saturated heterocycles. The van der Waals surface area contributed by atoms with Crippen LogP contribution < -0.4 is 10.5 Å².